The largest absolute Gasteiger partial charge is 0.506 e. The van der Waals surface area contributed by atoms with Crippen LogP contribution in [-0.2, 0) is 21.2 Å². The van der Waals surface area contributed by atoms with Crippen molar-refractivity contribution in [2.75, 3.05) is 10.6 Å². The van der Waals surface area contributed by atoms with Crippen molar-refractivity contribution in [2.45, 2.75) is 52.4 Å². The molecule has 8 N–H and O–H groups in total. The summed E-state index contributed by atoms with van der Waals surface area (Å²) >= 11 is 0. The van der Waals surface area contributed by atoms with Gasteiger partial charge < -0.3 is 40.8 Å². The number of phenolic OH excluding ortho intramolecular Hbond substituents is 2. The number of allylic oxidation sites excluding steroid dienone is 23. The van der Waals surface area contributed by atoms with E-state index < -0.39 is 21.2 Å². The standard InChI is InChI=1S/C60H52N6O2.2O3S/c1-35-3-5-41(27-35)49-19-21-52(62-49)45-11-12-46(31-45)53-23-22-51(64-53)43-9-7-37(29-43)40-15-18-57(59(68)34-40)66-60-26-25-55(65-60)44-10-8-38(30-44)39-14-17-56(58(67)33-39)61-48-16-13-47(32-48)54-24-20-50(63-54)42-6-4-36(2)28-42;2*1-4(2)3/h3-26,33-34,61-68H,27-32H2,1-2H3;;. The minimum absolute atomic E-state index is 0.190. The molecule has 6 aliphatic carbocycles. The van der Waals surface area contributed by atoms with Crippen molar-refractivity contribution in [3.8, 4) is 11.5 Å². The lowest BCUT2D eigenvalue weighted by Gasteiger charge is -2.13. The van der Waals surface area contributed by atoms with Crippen molar-refractivity contribution in [3.63, 3.8) is 0 Å². The number of rotatable bonds is 13. The van der Waals surface area contributed by atoms with E-state index in [0.29, 0.717) is 11.4 Å². The number of hydrogen-bond acceptors (Lipinski definition) is 10. The molecular weight excluding hydrogens is 997 g/mol. The molecule has 0 aliphatic heterocycles. The summed E-state index contributed by atoms with van der Waals surface area (Å²) in [7, 11) is -6.22. The van der Waals surface area contributed by atoms with E-state index >= 15 is 0 Å². The minimum Gasteiger partial charge on any atom is -0.506 e. The molecule has 0 unspecified atom stereocenters. The van der Waals surface area contributed by atoms with Gasteiger partial charge in [-0.15, -0.1) is 25.3 Å². The van der Waals surface area contributed by atoms with Crippen LogP contribution < -0.4 is 10.6 Å². The van der Waals surface area contributed by atoms with Gasteiger partial charge in [-0.1, -0.05) is 90.1 Å². The third kappa shape index (κ3) is 11.6. The lowest BCUT2D eigenvalue weighted by molar-refractivity contribution is 0.477. The lowest BCUT2D eigenvalue weighted by Crippen LogP contribution is -1.99. The number of benzene rings is 2. The van der Waals surface area contributed by atoms with Gasteiger partial charge >= 0.3 is 21.2 Å². The van der Waals surface area contributed by atoms with Gasteiger partial charge in [0.05, 0.1) is 11.4 Å². The monoisotopic (exact) mass is 1050 g/mol. The molecule has 0 spiro atoms. The summed E-state index contributed by atoms with van der Waals surface area (Å²) in [6.45, 7) is 4.34. The van der Waals surface area contributed by atoms with Crippen LogP contribution in [0.2, 0.25) is 0 Å². The van der Waals surface area contributed by atoms with Crippen molar-refractivity contribution in [3.05, 3.63) is 226 Å². The van der Waals surface area contributed by atoms with Crippen LogP contribution in [0.15, 0.2) is 175 Å². The van der Waals surface area contributed by atoms with Crippen LogP contribution in [0.5, 0.6) is 11.5 Å². The Morgan fingerprint density at radius 1 is 0.355 bits per heavy atom. The summed E-state index contributed by atoms with van der Waals surface area (Å²) < 4.78 is 50.7. The zero-order valence-electron chi connectivity index (χ0n) is 41.4. The first kappa shape index (κ1) is 50.4. The second kappa shape index (κ2) is 21.8. The minimum atomic E-state index is -3.11. The van der Waals surface area contributed by atoms with Crippen molar-refractivity contribution in [1.82, 2.24) is 19.9 Å². The van der Waals surface area contributed by atoms with E-state index in [2.05, 4.69) is 172 Å². The van der Waals surface area contributed by atoms with Gasteiger partial charge in [0.2, 0.25) is 0 Å². The first-order chi connectivity index (χ1) is 36.7. The molecule has 0 bridgehead atoms. The summed E-state index contributed by atoms with van der Waals surface area (Å²) in [4.78, 5) is 14.4. The molecule has 0 amide bonds. The van der Waals surface area contributed by atoms with Gasteiger partial charge in [-0.05, 0) is 167 Å². The number of aromatic hydroxyl groups is 2. The molecule has 16 heteroatoms. The van der Waals surface area contributed by atoms with Crippen LogP contribution >= 0.6 is 0 Å². The Balaban J connectivity index is 0.000000770. The number of aromatic nitrogens is 4. The van der Waals surface area contributed by atoms with Crippen LogP contribution in [0.3, 0.4) is 0 Å². The summed E-state index contributed by atoms with van der Waals surface area (Å²) in [5.74, 6) is 1.20. The average molecular weight is 1050 g/mol. The Morgan fingerprint density at radius 3 is 1.07 bits per heavy atom. The molecule has 6 aliphatic rings. The highest BCUT2D eigenvalue weighted by molar-refractivity contribution is 7.59. The number of anilines is 3. The molecular formula is C60H52N6O8S2. The van der Waals surface area contributed by atoms with Crippen molar-refractivity contribution < 1.29 is 35.5 Å². The van der Waals surface area contributed by atoms with Gasteiger partial charge in [-0.3, -0.25) is 0 Å². The first-order valence-electron chi connectivity index (χ1n) is 24.5. The van der Waals surface area contributed by atoms with E-state index in [1.165, 1.54) is 61.7 Å². The van der Waals surface area contributed by atoms with E-state index in [1.54, 1.807) is 0 Å². The molecule has 0 atom stereocenters. The van der Waals surface area contributed by atoms with E-state index in [1.807, 2.05) is 30.3 Å². The van der Waals surface area contributed by atoms with E-state index in [4.69, 9.17) is 25.3 Å². The number of nitrogens with one attached hydrogen (secondary N) is 6. The summed E-state index contributed by atoms with van der Waals surface area (Å²) in [6.07, 6.45) is 31.2. The zero-order valence-corrected chi connectivity index (χ0v) is 43.0. The van der Waals surface area contributed by atoms with Crippen molar-refractivity contribution in [1.29, 1.82) is 0 Å². The second-order valence-corrected chi connectivity index (χ2v) is 20.1. The van der Waals surface area contributed by atoms with Gasteiger partial charge in [0.25, 0.3) is 0 Å². The quantitative estimate of drug-likeness (QED) is 0.0510. The van der Waals surface area contributed by atoms with E-state index in [0.717, 1.165) is 101 Å². The molecule has 0 radical (unpaired) electrons. The predicted molar refractivity (Wildman–Crippen MR) is 301 cm³/mol. The number of aromatic amines is 4. The third-order valence-corrected chi connectivity index (χ3v) is 14.0. The molecule has 4 aromatic heterocycles. The maximum Gasteiger partial charge on any atom is 0.425 e. The predicted octanol–water partition coefficient (Wildman–Crippen LogP) is 13.0. The Bertz CT molecular complexity index is 3960. The summed E-state index contributed by atoms with van der Waals surface area (Å²) in [5.41, 5.74) is 26.2. The molecule has 0 saturated carbocycles. The fourth-order valence-electron chi connectivity index (χ4n) is 10.2. The van der Waals surface area contributed by atoms with Crippen molar-refractivity contribution >= 4 is 88.6 Å². The summed E-state index contributed by atoms with van der Waals surface area (Å²) in [5, 5.41) is 29.1. The normalized spacial score (nSPS) is 16.3. The molecule has 76 heavy (non-hydrogen) atoms. The van der Waals surface area contributed by atoms with Crippen LogP contribution in [0.1, 0.15) is 103 Å². The third-order valence-electron chi connectivity index (χ3n) is 14.0. The Morgan fingerprint density at radius 2 is 0.671 bits per heavy atom. The number of H-pyrrole nitrogens is 4. The molecule has 4 heterocycles. The highest BCUT2D eigenvalue weighted by Gasteiger charge is 2.21. The maximum absolute atomic E-state index is 11.2. The molecule has 14 nitrogen and oxygen atoms in total. The fourth-order valence-corrected chi connectivity index (χ4v) is 10.2. The highest BCUT2D eigenvalue weighted by Crippen LogP contribution is 2.42. The van der Waals surface area contributed by atoms with Crippen LogP contribution in [-0.4, -0.2) is 55.4 Å². The van der Waals surface area contributed by atoms with Crippen LogP contribution in [0.4, 0.5) is 17.2 Å². The second-order valence-electron chi connectivity index (χ2n) is 19.3. The average Bonchev–Trinajstić information content (AvgIpc) is 4.23. The first-order valence-corrected chi connectivity index (χ1v) is 26.5. The lowest BCUT2D eigenvalue weighted by atomic mass is 10.0. The maximum atomic E-state index is 11.2. The van der Waals surface area contributed by atoms with Gasteiger partial charge in [-0.25, -0.2) is 0 Å². The Labute approximate surface area is 442 Å². The van der Waals surface area contributed by atoms with Gasteiger partial charge in [0.1, 0.15) is 17.3 Å². The molecule has 0 saturated heterocycles. The molecule has 12 rings (SSSR count). The molecule has 0 fully saturated rings. The topological polar surface area (TPSA) is 230 Å². The molecule has 6 aromatic rings. The smallest absolute Gasteiger partial charge is 0.425 e. The number of phenols is 2. The van der Waals surface area contributed by atoms with E-state index in [9.17, 15) is 10.2 Å². The van der Waals surface area contributed by atoms with Crippen molar-refractivity contribution in [2.24, 2.45) is 0 Å². The summed E-state index contributed by atoms with van der Waals surface area (Å²) in [6, 6.07) is 28.8. The number of hydrogen-bond donors (Lipinski definition) is 8. The fraction of sp³-hybridized carbons (Fsp3) is 0.133. The van der Waals surface area contributed by atoms with Crippen LogP contribution in [0, 0.1) is 0 Å². The van der Waals surface area contributed by atoms with Gasteiger partial charge in [0.15, 0.2) is 0 Å². The van der Waals surface area contributed by atoms with Crippen LogP contribution in [0.25, 0.3) is 50.2 Å². The Kier molecular flexibility index (Phi) is 14.4. The molecule has 2 aromatic carbocycles. The Hall–Kier alpha value is -9.12. The van der Waals surface area contributed by atoms with Gasteiger partial charge in [-0.2, -0.15) is 0 Å². The SMILES string of the molecule is CC1=CC=C(c2ccc(C3=CC=C(Nc4ccc(C5=CC=C(c6ccc(Nc7ccc(C8=CC=C(c9ccc(C%10=CC=C(c%11ccc(C%12=CC=C(C)C%12)[nH]%11)C%10)[nH]9)C8)cc7O)[nH]6)C5)cc4O)C3)[nH]2)C1.O=S(=O)=O.O=S(=O)=O. The molecule has 382 valence electrons. The highest BCUT2D eigenvalue weighted by atomic mass is 32.2. The van der Waals surface area contributed by atoms with Gasteiger partial charge in [0, 0.05) is 71.2 Å². The van der Waals surface area contributed by atoms with E-state index in [-0.39, 0.29) is 11.5 Å². The zero-order chi connectivity index (χ0) is 53.0.